The second-order valence-electron chi connectivity index (χ2n) is 7.71. The van der Waals surface area contributed by atoms with Gasteiger partial charge in [0, 0.05) is 37.8 Å². The Morgan fingerprint density at radius 2 is 1.18 bits per heavy atom. The van der Waals surface area contributed by atoms with Gasteiger partial charge < -0.3 is 18.9 Å². The highest BCUT2D eigenvalue weighted by molar-refractivity contribution is 7.89. The Morgan fingerprint density at radius 3 is 1.65 bits per heavy atom. The lowest BCUT2D eigenvalue weighted by Gasteiger charge is -2.28. The summed E-state index contributed by atoms with van der Waals surface area (Å²) < 4.78 is 77.1. The van der Waals surface area contributed by atoms with Gasteiger partial charge in [0.2, 0.25) is 20.0 Å². The highest BCUT2D eigenvalue weighted by Crippen LogP contribution is 2.33. The predicted molar refractivity (Wildman–Crippen MR) is 126 cm³/mol. The number of hydrogen-bond acceptors (Lipinski definition) is 8. The van der Waals surface area contributed by atoms with Gasteiger partial charge in [-0.1, -0.05) is 0 Å². The standard InChI is InChI=1S/C22H30N2O8S2/c1-16-15-23(33(25,26)17-7-9-19(29-2)21(13-17)31-4)11-6-12-24(16)34(27,28)18-8-10-20(30-3)22(14-18)32-5/h7-10,13-14,16H,6,11-12,15H2,1-5H3. The van der Waals surface area contributed by atoms with Crippen LogP contribution in [0.5, 0.6) is 23.0 Å². The molecule has 10 nitrogen and oxygen atoms in total. The largest absolute Gasteiger partial charge is 0.493 e. The lowest BCUT2D eigenvalue weighted by atomic mass is 10.3. The van der Waals surface area contributed by atoms with Crippen LogP contribution in [-0.2, 0) is 20.0 Å². The average molecular weight is 515 g/mol. The Hall–Kier alpha value is -2.54. The lowest BCUT2D eigenvalue weighted by molar-refractivity contribution is 0.325. The van der Waals surface area contributed by atoms with Crippen LogP contribution in [-0.4, -0.2) is 79.6 Å². The Bertz CT molecular complexity index is 1230. The van der Waals surface area contributed by atoms with Crippen molar-refractivity contribution in [3.8, 4) is 23.0 Å². The molecule has 0 bridgehead atoms. The lowest BCUT2D eigenvalue weighted by Crippen LogP contribution is -2.43. The van der Waals surface area contributed by atoms with Gasteiger partial charge in [-0.2, -0.15) is 8.61 Å². The minimum atomic E-state index is -3.91. The van der Waals surface area contributed by atoms with Crippen molar-refractivity contribution in [3.63, 3.8) is 0 Å². The Labute approximate surface area is 201 Å². The molecule has 2 aromatic rings. The molecule has 188 valence electrons. The van der Waals surface area contributed by atoms with Crippen molar-refractivity contribution in [2.45, 2.75) is 29.2 Å². The monoisotopic (exact) mass is 514 g/mol. The molecule has 1 heterocycles. The van der Waals surface area contributed by atoms with Crippen molar-refractivity contribution in [2.75, 3.05) is 48.1 Å². The van der Waals surface area contributed by atoms with Gasteiger partial charge in [-0.3, -0.25) is 0 Å². The molecule has 1 fully saturated rings. The van der Waals surface area contributed by atoms with E-state index in [1.807, 2.05) is 0 Å². The summed E-state index contributed by atoms with van der Waals surface area (Å²) >= 11 is 0. The predicted octanol–water partition coefficient (Wildman–Crippen LogP) is 2.19. The van der Waals surface area contributed by atoms with Crippen molar-refractivity contribution < 1.29 is 35.8 Å². The van der Waals surface area contributed by atoms with Crippen LogP contribution in [0.2, 0.25) is 0 Å². The third-order valence-electron chi connectivity index (χ3n) is 5.70. The summed E-state index contributed by atoms with van der Waals surface area (Å²) in [6.07, 6.45) is 0.337. The summed E-state index contributed by atoms with van der Waals surface area (Å²) in [6.45, 7) is 2.05. The van der Waals surface area contributed by atoms with Crippen molar-refractivity contribution in [1.29, 1.82) is 0 Å². The minimum Gasteiger partial charge on any atom is -0.493 e. The fourth-order valence-corrected chi connectivity index (χ4v) is 7.17. The molecular formula is C22H30N2O8S2. The minimum absolute atomic E-state index is 0.00317. The molecule has 12 heteroatoms. The third-order valence-corrected chi connectivity index (χ3v) is 9.57. The SMILES string of the molecule is COc1ccc(S(=O)(=O)N2CCCN(S(=O)(=O)c3ccc(OC)c(OC)c3)C(C)C2)cc1OC. The van der Waals surface area contributed by atoms with Crippen LogP contribution in [0.15, 0.2) is 46.2 Å². The van der Waals surface area contributed by atoms with Gasteiger partial charge >= 0.3 is 0 Å². The maximum absolute atomic E-state index is 13.4. The normalized spacial score (nSPS) is 18.2. The Morgan fingerprint density at radius 1 is 0.706 bits per heavy atom. The van der Waals surface area contributed by atoms with E-state index in [0.29, 0.717) is 29.4 Å². The van der Waals surface area contributed by atoms with E-state index in [4.69, 9.17) is 18.9 Å². The molecule has 1 aliphatic rings. The first-order valence-electron chi connectivity index (χ1n) is 10.6. The number of nitrogens with zero attached hydrogens (tertiary/aromatic N) is 2. The molecule has 1 aliphatic heterocycles. The Balaban J connectivity index is 1.89. The number of benzene rings is 2. The third kappa shape index (κ3) is 4.95. The second-order valence-corrected chi connectivity index (χ2v) is 11.5. The fourth-order valence-electron chi connectivity index (χ4n) is 3.91. The highest BCUT2D eigenvalue weighted by atomic mass is 32.2. The molecule has 34 heavy (non-hydrogen) atoms. The van der Waals surface area contributed by atoms with Crippen LogP contribution < -0.4 is 18.9 Å². The molecule has 3 rings (SSSR count). The van der Waals surface area contributed by atoms with E-state index in [0.717, 1.165) is 0 Å². The topological polar surface area (TPSA) is 112 Å². The first-order valence-corrected chi connectivity index (χ1v) is 13.4. The summed E-state index contributed by atoms with van der Waals surface area (Å²) in [4.78, 5) is 0.0988. The van der Waals surface area contributed by atoms with Crippen LogP contribution >= 0.6 is 0 Å². The molecule has 0 spiro atoms. The number of rotatable bonds is 8. The molecule has 1 atom stereocenters. The van der Waals surface area contributed by atoms with E-state index in [1.165, 1.54) is 73.4 Å². The molecule has 0 radical (unpaired) electrons. The summed E-state index contributed by atoms with van der Waals surface area (Å²) in [6, 6.07) is 8.17. The van der Waals surface area contributed by atoms with Crippen LogP contribution in [0.25, 0.3) is 0 Å². The van der Waals surface area contributed by atoms with Gasteiger partial charge in [0.05, 0.1) is 38.2 Å². The van der Waals surface area contributed by atoms with Gasteiger partial charge in [-0.25, -0.2) is 16.8 Å². The fraction of sp³-hybridized carbons (Fsp3) is 0.455. The van der Waals surface area contributed by atoms with E-state index < -0.39 is 26.1 Å². The summed E-state index contributed by atoms with van der Waals surface area (Å²) in [5, 5.41) is 0. The van der Waals surface area contributed by atoms with Gasteiger partial charge in [-0.05, 0) is 37.6 Å². The molecule has 2 aromatic carbocycles. The number of ether oxygens (including phenoxy) is 4. The maximum atomic E-state index is 13.4. The van der Waals surface area contributed by atoms with Crippen LogP contribution in [0.1, 0.15) is 13.3 Å². The number of sulfonamides is 2. The molecule has 0 aromatic heterocycles. The molecule has 0 saturated carbocycles. The van der Waals surface area contributed by atoms with Crippen LogP contribution in [0, 0.1) is 0 Å². The van der Waals surface area contributed by atoms with Crippen molar-refractivity contribution >= 4 is 20.0 Å². The van der Waals surface area contributed by atoms with Crippen LogP contribution in [0.3, 0.4) is 0 Å². The zero-order chi connectivity index (χ0) is 25.1. The molecule has 0 aliphatic carbocycles. The van der Waals surface area contributed by atoms with E-state index in [-0.39, 0.29) is 29.4 Å². The van der Waals surface area contributed by atoms with Gasteiger partial charge in [-0.15, -0.1) is 0 Å². The van der Waals surface area contributed by atoms with E-state index in [1.54, 1.807) is 6.92 Å². The molecule has 0 amide bonds. The molecule has 1 saturated heterocycles. The van der Waals surface area contributed by atoms with Crippen molar-refractivity contribution in [3.05, 3.63) is 36.4 Å². The van der Waals surface area contributed by atoms with Gasteiger partial charge in [0.1, 0.15) is 0 Å². The maximum Gasteiger partial charge on any atom is 0.243 e. The molecule has 0 N–H and O–H groups in total. The van der Waals surface area contributed by atoms with Crippen molar-refractivity contribution in [1.82, 2.24) is 8.61 Å². The summed E-state index contributed by atoms with van der Waals surface area (Å²) in [5.41, 5.74) is 0. The van der Waals surface area contributed by atoms with Gasteiger partial charge in [0.25, 0.3) is 0 Å². The summed E-state index contributed by atoms with van der Waals surface area (Å²) in [5.74, 6) is 1.42. The quantitative estimate of drug-likeness (QED) is 0.527. The zero-order valence-electron chi connectivity index (χ0n) is 19.8. The first-order chi connectivity index (χ1) is 16.1. The number of hydrogen-bond donors (Lipinski definition) is 0. The van der Waals surface area contributed by atoms with E-state index >= 15 is 0 Å². The average Bonchev–Trinajstić information content (AvgIpc) is 3.05. The smallest absolute Gasteiger partial charge is 0.243 e. The van der Waals surface area contributed by atoms with Crippen molar-refractivity contribution in [2.24, 2.45) is 0 Å². The van der Waals surface area contributed by atoms with Crippen LogP contribution in [0.4, 0.5) is 0 Å². The Kier molecular flexibility index (Phi) is 7.96. The first kappa shape index (κ1) is 26.1. The summed E-state index contributed by atoms with van der Waals surface area (Å²) in [7, 11) is -2.00. The van der Waals surface area contributed by atoms with E-state index in [9.17, 15) is 16.8 Å². The van der Waals surface area contributed by atoms with E-state index in [2.05, 4.69) is 0 Å². The number of methoxy groups -OCH3 is 4. The molecular weight excluding hydrogens is 484 g/mol. The highest BCUT2D eigenvalue weighted by Gasteiger charge is 2.36. The van der Waals surface area contributed by atoms with Gasteiger partial charge in [0.15, 0.2) is 23.0 Å². The molecule has 1 unspecified atom stereocenters. The zero-order valence-corrected chi connectivity index (χ0v) is 21.5. The second kappa shape index (κ2) is 10.4.